The van der Waals surface area contributed by atoms with E-state index in [1.807, 2.05) is 6.92 Å². The molecule has 0 atom stereocenters. The lowest BCUT2D eigenvalue weighted by Crippen LogP contribution is -3.13. The third-order valence-corrected chi connectivity index (χ3v) is 6.24. The van der Waals surface area contributed by atoms with Crippen LogP contribution in [0.2, 0.25) is 0 Å². The van der Waals surface area contributed by atoms with Crippen LogP contribution in [0.5, 0.6) is 0 Å². The zero-order chi connectivity index (χ0) is 13.0. The van der Waals surface area contributed by atoms with Crippen molar-refractivity contribution in [3.05, 3.63) is 22.4 Å². The van der Waals surface area contributed by atoms with Gasteiger partial charge in [0.1, 0.15) is 6.54 Å². The number of thiophene rings is 1. The predicted octanol–water partition coefficient (Wildman–Crippen LogP) is 0.188. The van der Waals surface area contributed by atoms with Crippen LogP contribution in [0.1, 0.15) is 18.2 Å². The van der Waals surface area contributed by atoms with E-state index < -0.39 is 10.0 Å². The molecule has 0 radical (unpaired) electrons. The average Bonchev–Trinajstić information content (AvgIpc) is 2.82. The van der Waals surface area contributed by atoms with Crippen molar-refractivity contribution in [3.8, 4) is 0 Å². The molecule has 1 N–H and O–H groups in total. The first-order valence-electron chi connectivity index (χ1n) is 6.45. The molecule has 1 fully saturated rings. The highest BCUT2D eigenvalue weighted by atomic mass is 32.2. The van der Waals surface area contributed by atoms with Gasteiger partial charge in [-0.25, -0.2) is 8.42 Å². The minimum atomic E-state index is -3.00. The molecule has 102 valence electrons. The molecule has 1 aliphatic heterocycles. The molecule has 1 saturated heterocycles. The van der Waals surface area contributed by atoms with E-state index in [1.54, 1.807) is 15.6 Å². The van der Waals surface area contributed by atoms with Crippen molar-refractivity contribution in [3.63, 3.8) is 0 Å². The summed E-state index contributed by atoms with van der Waals surface area (Å²) < 4.78 is 25.5. The normalized spacial score (nSPS) is 19.2. The molecule has 2 heterocycles. The van der Waals surface area contributed by atoms with Crippen molar-refractivity contribution in [2.24, 2.45) is 0 Å². The Morgan fingerprint density at radius 3 is 2.67 bits per heavy atom. The van der Waals surface area contributed by atoms with Crippen LogP contribution < -0.4 is 4.90 Å². The van der Waals surface area contributed by atoms with Gasteiger partial charge in [-0.3, -0.25) is 0 Å². The van der Waals surface area contributed by atoms with Crippen molar-refractivity contribution >= 4 is 21.4 Å². The fourth-order valence-electron chi connectivity index (χ4n) is 2.30. The summed E-state index contributed by atoms with van der Waals surface area (Å²) >= 11 is 1.78. The van der Waals surface area contributed by atoms with Crippen molar-refractivity contribution < 1.29 is 13.3 Å². The zero-order valence-corrected chi connectivity index (χ0v) is 12.4. The maximum absolute atomic E-state index is 11.9. The number of nitrogens with zero attached hydrogens (tertiary/aromatic N) is 1. The lowest BCUT2D eigenvalue weighted by Gasteiger charge is -2.31. The molecule has 0 spiro atoms. The summed E-state index contributed by atoms with van der Waals surface area (Å²) in [6, 6.07) is 4.22. The van der Waals surface area contributed by atoms with E-state index in [-0.39, 0.29) is 5.75 Å². The molecule has 0 bridgehead atoms. The second-order valence-electron chi connectivity index (χ2n) is 4.72. The summed E-state index contributed by atoms with van der Waals surface area (Å²) in [4.78, 5) is 2.87. The number of piperazine rings is 1. The summed E-state index contributed by atoms with van der Waals surface area (Å²) in [6.07, 6.45) is 0.699. The second-order valence-corrected chi connectivity index (χ2v) is 7.84. The van der Waals surface area contributed by atoms with Gasteiger partial charge in [0.05, 0.1) is 36.8 Å². The van der Waals surface area contributed by atoms with Gasteiger partial charge in [0.2, 0.25) is 10.0 Å². The quantitative estimate of drug-likeness (QED) is 0.841. The number of quaternary nitrogens is 1. The summed E-state index contributed by atoms with van der Waals surface area (Å²) in [5.74, 6) is 0.285. The minimum Gasteiger partial charge on any atom is -0.328 e. The number of sulfonamides is 1. The SMILES string of the molecule is CCCS(=O)(=O)N1CC[NH+](Cc2cccs2)CC1. The Hall–Kier alpha value is -0.430. The first-order valence-corrected chi connectivity index (χ1v) is 8.94. The molecule has 1 aliphatic rings. The number of rotatable bonds is 5. The van der Waals surface area contributed by atoms with E-state index in [0.717, 1.165) is 19.6 Å². The molecule has 0 aliphatic carbocycles. The third-order valence-electron chi connectivity index (χ3n) is 3.29. The van der Waals surface area contributed by atoms with E-state index in [9.17, 15) is 8.42 Å². The number of nitrogens with one attached hydrogen (secondary N) is 1. The largest absolute Gasteiger partial charge is 0.328 e. The van der Waals surface area contributed by atoms with Crippen LogP contribution in [0.15, 0.2) is 17.5 Å². The molecule has 18 heavy (non-hydrogen) atoms. The van der Waals surface area contributed by atoms with Crippen LogP contribution in [0.25, 0.3) is 0 Å². The monoisotopic (exact) mass is 289 g/mol. The number of hydrogen-bond donors (Lipinski definition) is 1. The van der Waals surface area contributed by atoms with Gasteiger partial charge in [0.15, 0.2) is 0 Å². The Morgan fingerprint density at radius 2 is 2.11 bits per heavy atom. The maximum atomic E-state index is 11.9. The van der Waals surface area contributed by atoms with Crippen LogP contribution in [-0.2, 0) is 16.6 Å². The van der Waals surface area contributed by atoms with Crippen LogP contribution >= 0.6 is 11.3 Å². The summed E-state index contributed by atoms with van der Waals surface area (Å²) in [5, 5.41) is 2.09. The lowest BCUT2D eigenvalue weighted by molar-refractivity contribution is -0.917. The minimum absolute atomic E-state index is 0.285. The highest BCUT2D eigenvalue weighted by Crippen LogP contribution is 2.07. The van der Waals surface area contributed by atoms with Gasteiger partial charge in [-0.05, 0) is 17.9 Å². The molecular weight excluding hydrogens is 268 g/mol. The fraction of sp³-hybridized carbons (Fsp3) is 0.667. The molecule has 0 saturated carbocycles. The molecule has 2 rings (SSSR count). The molecule has 4 nitrogen and oxygen atoms in total. The van der Waals surface area contributed by atoms with Gasteiger partial charge in [0, 0.05) is 0 Å². The topological polar surface area (TPSA) is 41.8 Å². The molecular formula is C12H21N2O2S2+. The van der Waals surface area contributed by atoms with E-state index >= 15 is 0 Å². The Morgan fingerprint density at radius 1 is 1.39 bits per heavy atom. The van der Waals surface area contributed by atoms with E-state index in [1.165, 1.54) is 9.78 Å². The van der Waals surface area contributed by atoms with Gasteiger partial charge in [0.25, 0.3) is 0 Å². The van der Waals surface area contributed by atoms with Gasteiger partial charge in [-0.2, -0.15) is 4.31 Å². The van der Waals surface area contributed by atoms with Crippen molar-refractivity contribution in [2.45, 2.75) is 19.9 Å². The lowest BCUT2D eigenvalue weighted by atomic mass is 10.3. The fourth-order valence-corrected chi connectivity index (χ4v) is 4.59. The summed E-state index contributed by atoms with van der Waals surface area (Å²) in [6.45, 7) is 6.11. The second kappa shape index (κ2) is 6.14. The molecule has 0 unspecified atom stereocenters. The standard InChI is InChI=1S/C12H20N2O2S2/c1-2-10-18(15,16)14-7-5-13(6-8-14)11-12-4-3-9-17-12/h3-4,9H,2,5-8,10-11H2,1H3/p+1. The number of hydrogen-bond acceptors (Lipinski definition) is 3. The Labute approximate surface area is 113 Å². The van der Waals surface area contributed by atoms with Crippen LogP contribution in [-0.4, -0.2) is 44.7 Å². The van der Waals surface area contributed by atoms with E-state index in [0.29, 0.717) is 19.5 Å². The van der Waals surface area contributed by atoms with Gasteiger partial charge < -0.3 is 4.90 Å². The summed E-state index contributed by atoms with van der Waals surface area (Å²) in [5.41, 5.74) is 0. The van der Waals surface area contributed by atoms with Crippen molar-refractivity contribution in [1.82, 2.24) is 4.31 Å². The highest BCUT2D eigenvalue weighted by molar-refractivity contribution is 7.89. The van der Waals surface area contributed by atoms with Gasteiger partial charge in [-0.15, -0.1) is 11.3 Å². The first-order chi connectivity index (χ1) is 8.62. The zero-order valence-electron chi connectivity index (χ0n) is 10.8. The molecule has 1 aromatic rings. The predicted molar refractivity (Wildman–Crippen MR) is 74.4 cm³/mol. The van der Waals surface area contributed by atoms with Crippen LogP contribution in [0.4, 0.5) is 0 Å². The Bertz CT molecular complexity index is 448. The Kier molecular flexibility index (Phi) is 4.77. The maximum Gasteiger partial charge on any atom is 0.214 e. The molecule has 0 amide bonds. The first kappa shape index (κ1) is 14.0. The summed E-state index contributed by atoms with van der Waals surface area (Å²) in [7, 11) is -3.00. The molecule has 0 aromatic carbocycles. The van der Waals surface area contributed by atoms with Gasteiger partial charge in [-0.1, -0.05) is 13.0 Å². The Balaban J connectivity index is 1.84. The van der Waals surface area contributed by atoms with Crippen LogP contribution in [0.3, 0.4) is 0 Å². The van der Waals surface area contributed by atoms with Crippen molar-refractivity contribution in [1.29, 1.82) is 0 Å². The van der Waals surface area contributed by atoms with Crippen LogP contribution in [0, 0.1) is 0 Å². The average molecular weight is 289 g/mol. The highest BCUT2D eigenvalue weighted by Gasteiger charge is 2.28. The third kappa shape index (κ3) is 3.54. The van der Waals surface area contributed by atoms with E-state index in [2.05, 4.69) is 17.5 Å². The van der Waals surface area contributed by atoms with Crippen molar-refractivity contribution in [2.75, 3.05) is 31.9 Å². The molecule has 6 heteroatoms. The molecule has 1 aromatic heterocycles. The van der Waals surface area contributed by atoms with E-state index in [4.69, 9.17) is 0 Å². The smallest absolute Gasteiger partial charge is 0.214 e. The van der Waals surface area contributed by atoms with Gasteiger partial charge >= 0.3 is 0 Å².